The molecule has 14 heavy (non-hydrogen) atoms. The van der Waals surface area contributed by atoms with Crippen molar-refractivity contribution in [3.8, 4) is 0 Å². The average Bonchev–Trinajstić information content (AvgIpc) is 2.63. The molecule has 0 bridgehead atoms. The van der Waals surface area contributed by atoms with Gasteiger partial charge in [-0.15, -0.1) is 11.3 Å². The Morgan fingerprint density at radius 2 is 2.14 bits per heavy atom. The fourth-order valence-electron chi connectivity index (χ4n) is 1.57. The minimum absolute atomic E-state index is 0.998. The van der Waals surface area contributed by atoms with Crippen LogP contribution in [0.5, 0.6) is 0 Å². The molecule has 1 nitrogen and oxygen atoms in total. The van der Waals surface area contributed by atoms with Crippen LogP contribution in [0.15, 0.2) is 29.6 Å². The summed E-state index contributed by atoms with van der Waals surface area (Å²) in [5.41, 5.74) is 1.43. The minimum atomic E-state index is 0.998. The number of fused-ring (bicyclic) bond motifs is 1. The van der Waals surface area contributed by atoms with Crippen LogP contribution >= 0.6 is 11.3 Å². The lowest BCUT2D eigenvalue weighted by atomic mass is 10.2. The Kier molecular flexibility index (Phi) is 3.17. The Labute approximate surface area is 88.8 Å². The molecule has 2 heteroatoms. The lowest BCUT2D eigenvalue weighted by Gasteiger charge is -2.01. The molecule has 0 aliphatic carbocycles. The highest BCUT2D eigenvalue weighted by atomic mass is 32.1. The zero-order chi connectivity index (χ0) is 9.80. The molecule has 1 heterocycles. The van der Waals surface area contributed by atoms with Gasteiger partial charge in [-0.1, -0.05) is 25.1 Å². The molecule has 0 amide bonds. The first-order valence-corrected chi connectivity index (χ1v) is 5.95. The monoisotopic (exact) mass is 205 g/mol. The highest BCUT2D eigenvalue weighted by Gasteiger charge is 2.01. The number of hydrogen-bond acceptors (Lipinski definition) is 2. The van der Waals surface area contributed by atoms with Crippen LogP contribution in [0.2, 0.25) is 0 Å². The highest BCUT2D eigenvalue weighted by molar-refractivity contribution is 7.17. The van der Waals surface area contributed by atoms with E-state index >= 15 is 0 Å². The molecule has 0 aliphatic rings. The predicted molar refractivity (Wildman–Crippen MR) is 63.8 cm³/mol. The SMILES string of the molecule is CCCNCc1csc2ccccc12. The molecular formula is C12H15NS. The molecule has 0 fully saturated rings. The van der Waals surface area contributed by atoms with Crippen molar-refractivity contribution >= 4 is 21.4 Å². The van der Waals surface area contributed by atoms with Gasteiger partial charge in [-0.25, -0.2) is 0 Å². The summed E-state index contributed by atoms with van der Waals surface area (Å²) in [6.07, 6.45) is 1.20. The first kappa shape index (κ1) is 9.69. The van der Waals surface area contributed by atoms with Gasteiger partial charge in [-0.05, 0) is 35.4 Å². The van der Waals surface area contributed by atoms with Crippen molar-refractivity contribution in [3.63, 3.8) is 0 Å². The fourth-order valence-corrected chi connectivity index (χ4v) is 2.53. The van der Waals surface area contributed by atoms with E-state index in [0.717, 1.165) is 13.1 Å². The summed E-state index contributed by atoms with van der Waals surface area (Å²) in [6, 6.07) is 8.60. The van der Waals surface area contributed by atoms with Crippen molar-refractivity contribution in [2.24, 2.45) is 0 Å². The third kappa shape index (κ3) is 1.97. The average molecular weight is 205 g/mol. The predicted octanol–water partition coefficient (Wildman–Crippen LogP) is 3.40. The molecule has 74 valence electrons. The number of nitrogens with one attached hydrogen (secondary N) is 1. The molecule has 0 saturated heterocycles. The third-order valence-corrected chi connectivity index (χ3v) is 3.32. The minimum Gasteiger partial charge on any atom is -0.313 e. The quantitative estimate of drug-likeness (QED) is 0.754. The molecule has 1 aromatic heterocycles. The van der Waals surface area contributed by atoms with Gasteiger partial charge in [-0.2, -0.15) is 0 Å². The summed E-state index contributed by atoms with van der Waals surface area (Å²) in [5, 5.41) is 7.10. The number of thiophene rings is 1. The smallest absolute Gasteiger partial charge is 0.0346 e. The Morgan fingerprint density at radius 3 is 3.00 bits per heavy atom. The number of rotatable bonds is 4. The van der Waals surface area contributed by atoms with E-state index in [1.165, 1.54) is 22.1 Å². The second kappa shape index (κ2) is 4.58. The van der Waals surface area contributed by atoms with Crippen LogP contribution in [0.3, 0.4) is 0 Å². The van der Waals surface area contributed by atoms with Gasteiger partial charge in [-0.3, -0.25) is 0 Å². The Morgan fingerprint density at radius 1 is 1.29 bits per heavy atom. The molecule has 1 N–H and O–H groups in total. The van der Waals surface area contributed by atoms with E-state index in [1.54, 1.807) is 0 Å². The summed E-state index contributed by atoms with van der Waals surface area (Å²) in [6.45, 7) is 4.29. The summed E-state index contributed by atoms with van der Waals surface area (Å²) >= 11 is 1.83. The van der Waals surface area contributed by atoms with Crippen LogP contribution in [0.1, 0.15) is 18.9 Å². The van der Waals surface area contributed by atoms with Crippen molar-refractivity contribution < 1.29 is 0 Å². The highest BCUT2D eigenvalue weighted by Crippen LogP contribution is 2.25. The van der Waals surface area contributed by atoms with E-state index in [0.29, 0.717) is 0 Å². The van der Waals surface area contributed by atoms with Crippen LogP contribution < -0.4 is 5.32 Å². The van der Waals surface area contributed by atoms with Gasteiger partial charge in [0.05, 0.1) is 0 Å². The summed E-state index contributed by atoms with van der Waals surface area (Å²) in [7, 11) is 0. The molecule has 0 unspecified atom stereocenters. The maximum atomic E-state index is 3.44. The molecule has 2 rings (SSSR count). The summed E-state index contributed by atoms with van der Waals surface area (Å²) < 4.78 is 1.39. The maximum Gasteiger partial charge on any atom is 0.0346 e. The molecule has 0 atom stereocenters. The van der Waals surface area contributed by atoms with Gasteiger partial charge < -0.3 is 5.32 Å². The van der Waals surface area contributed by atoms with E-state index in [9.17, 15) is 0 Å². The van der Waals surface area contributed by atoms with Gasteiger partial charge in [0.1, 0.15) is 0 Å². The molecule has 0 radical (unpaired) electrons. The molecule has 0 spiro atoms. The van der Waals surface area contributed by atoms with E-state index < -0.39 is 0 Å². The van der Waals surface area contributed by atoms with Crippen molar-refractivity contribution in [3.05, 3.63) is 35.2 Å². The van der Waals surface area contributed by atoms with Gasteiger partial charge >= 0.3 is 0 Å². The second-order valence-electron chi connectivity index (χ2n) is 3.43. The largest absolute Gasteiger partial charge is 0.313 e. The van der Waals surface area contributed by atoms with Crippen molar-refractivity contribution in [1.29, 1.82) is 0 Å². The van der Waals surface area contributed by atoms with Gasteiger partial charge in [0.2, 0.25) is 0 Å². The maximum absolute atomic E-state index is 3.44. The molecule has 2 aromatic rings. The number of benzene rings is 1. The normalized spacial score (nSPS) is 10.9. The fraction of sp³-hybridized carbons (Fsp3) is 0.333. The zero-order valence-electron chi connectivity index (χ0n) is 8.42. The first-order chi connectivity index (χ1) is 6.92. The van der Waals surface area contributed by atoms with E-state index in [-0.39, 0.29) is 0 Å². The molecular weight excluding hydrogens is 190 g/mol. The summed E-state index contributed by atoms with van der Waals surface area (Å²) in [4.78, 5) is 0. The summed E-state index contributed by atoms with van der Waals surface area (Å²) in [5.74, 6) is 0. The lowest BCUT2D eigenvalue weighted by molar-refractivity contribution is 0.679. The second-order valence-corrected chi connectivity index (χ2v) is 4.35. The van der Waals surface area contributed by atoms with Crippen molar-refractivity contribution in [2.45, 2.75) is 19.9 Å². The Hall–Kier alpha value is -0.860. The van der Waals surface area contributed by atoms with Crippen LogP contribution in [0, 0.1) is 0 Å². The number of hydrogen-bond donors (Lipinski definition) is 1. The van der Waals surface area contributed by atoms with Gasteiger partial charge in [0.25, 0.3) is 0 Å². The van der Waals surface area contributed by atoms with Crippen LogP contribution in [-0.2, 0) is 6.54 Å². The molecule has 1 aromatic carbocycles. The van der Waals surface area contributed by atoms with E-state index in [4.69, 9.17) is 0 Å². The van der Waals surface area contributed by atoms with Gasteiger partial charge in [0.15, 0.2) is 0 Å². The van der Waals surface area contributed by atoms with E-state index in [1.807, 2.05) is 11.3 Å². The van der Waals surface area contributed by atoms with Crippen molar-refractivity contribution in [1.82, 2.24) is 5.32 Å². The van der Waals surface area contributed by atoms with Crippen molar-refractivity contribution in [2.75, 3.05) is 6.54 Å². The zero-order valence-corrected chi connectivity index (χ0v) is 9.23. The molecule has 0 aliphatic heterocycles. The van der Waals surface area contributed by atoms with Crippen LogP contribution in [-0.4, -0.2) is 6.54 Å². The Bertz CT molecular complexity index is 405. The topological polar surface area (TPSA) is 12.0 Å². The van der Waals surface area contributed by atoms with Crippen LogP contribution in [0.4, 0.5) is 0 Å². The lowest BCUT2D eigenvalue weighted by Crippen LogP contribution is -2.13. The van der Waals surface area contributed by atoms with Crippen LogP contribution in [0.25, 0.3) is 10.1 Å². The molecule has 0 saturated carbocycles. The van der Waals surface area contributed by atoms with Gasteiger partial charge in [0, 0.05) is 11.2 Å². The van der Waals surface area contributed by atoms with E-state index in [2.05, 4.69) is 41.9 Å². The first-order valence-electron chi connectivity index (χ1n) is 5.07. The Balaban J connectivity index is 2.17. The third-order valence-electron chi connectivity index (χ3n) is 2.30. The standard InChI is InChI=1S/C12H15NS/c1-2-7-13-8-10-9-14-12-6-4-3-5-11(10)12/h3-6,9,13H,2,7-8H2,1H3.